The second-order valence-corrected chi connectivity index (χ2v) is 9.36. The first kappa shape index (κ1) is 23.8. The summed E-state index contributed by atoms with van der Waals surface area (Å²) in [5.41, 5.74) is 0.721. The van der Waals surface area contributed by atoms with Gasteiger partial charge in [0.05, 0.1) is 9.92 Å². The summed E-state index contributed by atoms with van der Waals surface area (Å²) in [6, 6.07) is 16.2. The summed E-state index contributed by atoms with van der Waals surface area (Å²) in [6.45, 7) is -0.268. The summed E-state index contributed by atoms with van der Waals surface area (Å²) in [6.07, 6.45) is 0. The monoisotopic (exact) mass is 496 g/mol. The fourth-order valence-corrected chi connectivity index (χ4v) is 4.23. The number of carbonyl (C=O) groups excluding carboxylic acids is 1. The molecule has 3 aromatic carbocycles. The van der Waals surface area contributed by atoms with Crippen molar-refractivity contribution in [3.8, 4) is 5.75 Å². The van der Waals surface area contributed by atoms with E-state index in [1.807, 2.05) is 0 Å². The van der Waals surface area contributed by atoms with E-state index in [4.69, 9.17) is 27.9 Å². The molecule has 0 aromatic heterocycles. The SMILES string of the molecule is CN(Cc1ccccc1F)C(=O)COc1ccc(S(=O)(=O)Nc2ccc(Cl)cc2)cc1Cl. The summed E-state index contributed by atoms with van der Waals surface area (Å²) in [4.78, 5) is 13.6. The topological polar surface area (TPSA) is 75.7 Å². The molecule has 1 N–H and O–H groups in total. The maximum Gasteiger partial charge on any atom is 0.261 e. The first-order valence-corrected chi connectivity index (χ1v) is 11.6. The molecule has 3 rings (SSSR count). The molecule has 0 aliphatic rings. The van der Waals surface area contributed by atoms with Gasteiger partial charge in [0.15, 0.2) is 6.61 Å². The molecule has 1 amide bonds. The molecule has 0 aliphatic carbocycles. The van der Waals surface area contributed by atoms with Crippen LogP contribution in [0.15, 0.2) is 71.6 Å². The van der Waals surface area contributed by atoms with Crippen molar-refractivity contribution in [2.24, 2.45) is 0 Å². The van der Waals surface area contributed by atoms with Crippen LogP contribution in [0.5, 0.6) is 5.75 Å². The highest BCUT2D eigenvalue weighted by atomic mass is 35.5. The molecule has 0 saturated carbocycles. The Hall–Kier alpha value is -2.81. The van der Waals surface area contributed by atoms with Crippen LogP contribution in [0.1, 0.15) is 5.56 Å². The van der Waals surface area contributed by atoms with Gasteiger partial charge in [-0.05, 0) is 48.5 Å². The van der Waals surface area contributed by atoms with Gasteiger partial charge in [-0.25, -0.2) is 12.8 Å². The lowest BCUT2D eigenvalue weighted by Gasteiger charge is -2.18. The third kappa shape index (κ3) is 6.12. The van der Waals surface area contributed by atoms with Gasteiger partial charge in [0.1, 0.15) is 11.6 Å². The Bertz CT molecular complexity index is 1220. The van der Waals surface area contributed by atoms with Crippen LogP contribution >= 0.6 is 23.2 Å². The Morgan fingerprint density at radius 2 is 1.75 bits per heavy atom. The van der Waals surface area contributed by atoms with Crippen molar-refractivity contribution in [1.29, 1.82) is 0 Å². The average Bonchev–Trinajstić information content (AvgIpc) is 2.75. The third-order valence-corrected chi connectivity index (χ3v) is 6.38. The van der Waals surface area contributed by atoms with E-state index >= 15 is 0 Å². The van der Waals surface area contributed by atoms with E-state index in [2.05, 4.69) is 4.72 Å². The van der Waals surface area contributed by atoms with Gasteiger partial charge in [0.25, 0.3) is 15.9 Å². The normalized spacial score (nSPS) is 11.1. The molecule has 168 valence electrons. The van der Waals surface area contributed by atoms with Gasteiger partial charge in [-0.15, -0.1) is 0 Å². The average molecular weight is 497 g/mol. The van der Waals surface area contributed by atoms with Crippen LogP contribution in [-0.2, 0) is 21.4 Å². The number of rotatable bonds is 8. The minimum atomic E-state index is -3.89. The molecule has 3 aromatic rings. The number of carbonyl (C=O) groups is 1. The summed E-state index contributed by atoms with van der Waals surface area (Å²) in [7, 11) is -2.37. The minimum Gasteiger partial charge on any atom is -0.482 e. The zero-order valence-corrected chi connectivity index (χ0v) is 19.2. The first-order chi connectivity index (χ1) is 15.2. The summed E-state index contributed by atoms with van der Waals surface area (Å²) in [5, 5.41) is 0.500. The number of anilines is 1. The quantitative estimate of drug-likeness (QED) is 0.477. The number of sulfonamides is 1. The fraction of sp³-hybridized carbons (Fsp3) is 0.136. The van der Waals surface area contributed by atoms with E-state index in [1.165, 1.54) is 48.3 Å². The summed E-state index contributed by atoms with van der Waals surface area (Å²) >= 11 is 12.0. The van der Waals surface area contributed by atoms with Gasteiger partial charge in [0, 0.05) is 29.9 Å². The number of benzene rings is 3. The molecule has 0 bridgehead atoms. The van der Waals surface area contributed by atoms with Gasteiger partial charge < -0.3 is 9.64 Å². The van der Waals surface area contributed by atoms with Crippen LogP contribution in [0.25, 0.3) is 0 Å². The van der Waals surface area contributed by atoms with Crippen molar-refractivity contribution >= 4 is 44.8 Å². The van der Waals surface area contributed by atoms with Crippen LogP contribution in [0.4, 0.5) is 10.1 Å². The molecule has 0 heterocycles. The van der Waals surface area contributed by atoms with Crippen molar-refractivity contribution in [2.45, 2.75) is 11.4 Å². The van der Waals surface area contributed by atoms with E-state index in [0.29, 0.717) is 16.3 Å². The highest BCUT2D eigenvalue weighted by Crippen LogP contribution is 2.28. The number of halogens is 3. The smallest absolute Gasteiger partial charge is 0.261 e. The zero-order chi connectivity index (χ0) is 23.3. The highest BCUT2D eigenvalue weighted by molar-refractivity contribution is 7.92. The minimum absolute atomic E-state index is 0.0218. The zero-order valence-electron chi connectivity index (χ0n) is 16.9. The highest BCUT2D eigenvalue weighted by Gasteiger charge is 2.18. The van der Waals surface area contributed by atoms with E-state index in [9.17, 15) is 17.6 Å². The molecule has 0 radical (unpaired) electrons. The lowest BCUT2D eigenvalue weighted by atomic mass is 10.2. The molecule has 10 heteroatoms. The van der Waals surface area contributed by atoms with Gasteiger partial charge in [-0.3, -0.25) is 9.52 Å². The lowest BCUT2D eigenvalue weighted by molar-refractivity contribution is -0.132. The Kier molecular flexibility index (Phi) is 7.60. The lowest BCUT2D eigenvalue weighted by Crippen LogP contribution is -2.31. The largest absolute Gasteiger partial charge is 0.482 e. The van der Waals surface area contributed by atoms with Crippen LogP contribution in [-0.4, -0.2) is 32.9 Å². The van der Waals surface area contributed by atoms with Gasteiger partial charge in [-0.2, -0.15) is 0 Å². The third-order valence-electron chi connectivity index (χ3n) is 4.45. The fourth-order valence-electron chi connectivity index (χ4n) is 2.72. The van der Waals surface area contributed by atoms with E-state index in [1.54, 1.807) is 30.3 Å². The van der Waals surface area contributed by atoms with Gasteiger partial charge in [0.2, 0.25) is 0 Å². The van der Waals surface area contributed by atoms with Crippen LogP contribution < -0.4 is 9.46 Å². The van der Waals surface area contributed by atoms with Crippen molar-refractivity contribution in [3.63, 3.8) is 0 Å². The number of nitrogens with one attached hydrogen (secondary N) is 1. The number of hydrogen-bond donors (Lipinski definition) is 1. The Morgan fingerprint density at radius 1 is 1.06 bits per heavy atom. The van der Waals surface area contributed by atoms with Crippen molar-refractivity contribution in [3.05, 3.63) is 88.2 Å². The molecule has 0 atom stereocenters. The van der Waals surface area contributed by atoms with E-state index < -0.39 is 21.7 Å². The Labute approximate surface area is 195 Å². The molecule has 6 nitrogen and oxygen atoms in total. The Morgan fingerprint density at radius 3 is 2.41 bits per heavy atom. The predicted octanol–water partition coefficient (Wildman–Crippen LogP) is 4.97. The second kappa shape index (κ2) is 10.2. The number of hydrogen-bond acceptors (Lipinski definition) is 4. The number of ether oxygens (including phenoxy) is 1. The van der Waals surface area contributed by atoms with E-state index in [-0.39, 0.29) is 28.8 Å². The van der Waals surface area contributed by atoms with Crippen LogP contribution in [0, 0.1) is 5.82 Å². The molecular weight excluding hydrogens is 478 g/mol. The second-order valence-electron chi connectivity index (χ2n) is 6.83. The van der Waals surface area contributed by atoms with Crippen molar-refractivity contribution < 1.29 is 22.3 Å². The molecule has 0 saturated heterocycles. The summed E-state index contributed by atoms with van der Waals surface area (Å²) in [5.74, 6) is -0.657. The molecule has 0 aliphatic heterocycles. The first-order valence-electron chi connectivity index (χ1n) is 9.34. The van der Waals surface area contributed by atoms with Gasteiger partial charge >= 0.3 is 0 Å². The maximum absolute atomic E-state index is 13.8. The van der Waals surface area contributed by atoms with Crippen LogP contribution in [0.2, 0.25) is 10.0 Å². The van der Waals surface area contributed by atoms with Crippen LogP contribution in [0.3, 0.4) is 0 Å². The number of likely N-dealkylation sites (N-methyl/N-ethyl adjacent to an activating group) is 1. The number of nitrogens with zero attached hydrogens (tertiary/aromatic N) is 1. The standard InChI is InChI=1S/C22H19Cl2FN2O4S/c1-27(13-15-4-2-3-5-20(15)25)22(28)14-31-21-11-10-18(12-19(21)24)32(29,30)26-17-8-6-16(23)7-9-17/h2-12,26H,13-14H2,1H3. The van der Waals surface area contributed by atoms with Crippen molar-refractivity contribution in [2.75, 3.05) is 18.4 Å². The van der Waals surface area contributed by atoms with E-state index in [0.717, 1.165) is 0 Å². The van der Waals surface area contributed by atoms with Crippen molar-refractivity contribution in [1.82, 2.24) is 4.90 Å². The predicted molar refractivity (Wildman–Crippen MR) is 122 cm³/mol. The number of amides is 1. The molecule has 0 unspecified atom stereocenters. The molecule has 32 heavy (non-hydrogen) atoms. The molecular formula is C22H19Cl2FN2O4S. The molecule has 0 fully saturated rings. The summed E-state index contributed by atoms with van der Waals surface area (Å²) < 4.78 is 46.8. The maximum atomic E-state index is 13.8. The van der Waals surface area contributed by atoms with Gasteiger partial charge in [-0.1, -0.05) is 41.4 Å². The molecule has 0 spiro atoms. The Balaban J connectivity index is 1.63.